The molecule has 1 aliphatic rings. The zero-order valence-electron chi connectivity index (χ0n) is 7.61. The van der Waals surface area contributed by atoms with E-state index in [4.69, 9.17) is 8.92 Å². The summed E-state index contributed by atoms with van der Waals surface area (Å²) in [6, 6.07) is 0. The lowest BCUT2D eigenvalue weighted by molar-refractivity contribution is 0.0687. The predicted octanol–water partition coefficient (Wildman–Crippen LogP) is 2.11. The predicted molar refractivity (Wildman–Crippen MR) is 49.2 cm³/mol. The number of rotatable bonds is 4. The second-order valence-corrected chi connectivity index (χ2v) is 3.86. The molecule has 13 heavy (non-hydrogen) atoms. The van der Waals surface area contributed by atoms with Crippen LogP contribution in [0.4, 0.5) is 4.79 Å². The minimum absolute atomic E-state index is 0.187. The van der Waals surface area contributed by atoms with Gasteiger partial charge in [-0.25, -0.2) is 4.79 Å². The van der Waals surface area contributed by atoms with Crippen molar-refractivity contribution in [2.75, 3.05) is 6.61 Å². The Kier molecular flexibility index (Phi) is 3.62. The minimum Gasteiger partial charge on any atom is -0.430 e. The van der Waals surface area contributed by atoms with E-state index in [0.29, 0.717) is 0 Å². The van der Waals surface area contributed by atoms with Crippen LogP contribution in [0.2, 0.25) is 0 Å². The monoisotopic (exact) mass is 204 g/mol. The molecule has 0 aliphatic carbocycles. The maximum atomic E-state index is 10.6. The maximum Gasteiger partial charge on any atom is 0.508 e. The topological polar surface area (TPSA) is 44.8 Å². The summed E-state index contributed by atoms with van der Waals surface area (Å²) in [6.07, 6.45) is -1.12. The van der Waals surface area contributed by atoms with Crippen molar-refractivity contribution in [3.63, 3.8) is 0 Å². The van der Waals surface area contributed by atoms with Gasteiger partial charge in [-0.2, -0.15) is 0 Å². The van der Waals surface area contributed by atoms with Crippen LogP contribution in [0.3, 0.4) is 0 Å². The van der Waals surface area contributed by atoms with E-state index in [-0.39, 0.29) is 18.8 Å². The Balaban J connectivity index is 2.27. The van der Waals surface area contributed by atoms with Crippen molar-refractivity contribution in [2.45, 2.75) is 26.1 Å². The van der Waals surface area contributed by atoms with E-state index in [0.717, 1.165) is 4.91 Å². The van der Waals surface area contributed by atoms with Crippen LogP contribution >= 0.6 is 12.0 Å². The summed E-state index contributed by atoms with van der Waals surface area (Å²) >= 11 is 1.19. The van der Waals surface area contributed by atoms with Gasteiger partial charge in [0, 0.05) is 16.9 Å². The van der Waals surface area contributed by atoms with Gasteiger partial charge in [-0.05, 0) is 13.8 Å². The highest BCUT2D eigenvalue weighted by Crippen LogP contribution is 2.21. The molecule has 0 radical (unpaired) electrons. The van der Waals surface area contributed by atoms with Gasteiger partial charge in [0.2, 0.25) is 0 Å². The quantitative estimate of drug-likeness (QED) is 0.518. The van der Waals surface area contributed by atoms with E-state index >= 15 is 0 Å². The smallest absolute Gasteiger partial charge is 0.430 e. The van der Waals surface area contributed by atoms with Crippen molar-refractivity contribution in [2.24, 2.45) is 0 Å². The molecule has 5 heteroatoms. The normalized spacial score (nSPS) is 23.5. The number of ether oxygens (including phenoxy) is 2. The largest absolute Gasteiger partial charge is 0.508 e. The molecule has 0 N–H and O–H groups in total. The van der Waals surface area contributed by atoms with Crippen LogP contribution in [0.1, 0.15) is 13.8 Å². The third-order valence-corrected chi connectivity index (χ3v) is 2.16. The van der Waals surface area contributed by atoms with Crippen molar-refractivity contribution in [1.82, 2.24) is 0 Å². The molecule has 1 rings (SSSR count). The Hall–Kier alpha value is -0.680. The first-order chi connectivity index (χ1) is 6.09. The Bertz CT molecular complexity index is 216. The molecule has 0 saturated carbocycles. The standard InChI is InChI=1S/C8H12O4S/c1-5(2)13-12-6(3)7-4-10-8(9)11-7/h6-7H,1,4H2,2-3H3. The number of hydrogen-bond acceptors (Lipinski definition) is 5. The van der Waals surface area contributed by atoms with Gasteiger partial charge >= 0.3 is 6.16 Å². The number of cyclic esters (lactones) is 2. The van der Waals surface area contributed by atoms with Gasteiger partial charge in [0.25, 0.3) is 0 Å². The van der Waals surface area contributed by atoms with Gasteiger partial charge in [-0.1, -0.05) is 6.58 Å². The Morgan fingerprint density at radius 2 is 2.54 bits per heavy atom. The minimum atomic E-state index is -0.624. The van der Waals surface area contributed by atoms with E-state index < -0.39 is 6.16 Å². The van der Waals surface area contributed by atoms with Crippen LogP contribution in [-0.2, 0) is 13.7 Å². The highest BCUT2D eigenvalue weighted by Gasteiger charge is 2.30. The summed E-state index contributed by atoms with van der Waals surface area (Å²) in [4.78, 5) is 11.4. The first-order valence-electron chi connectivity index (χ1n) is 3.92. The third-order valence-electron chi connectivity index (χ3n) is 1.48. The molecule has 0 aromatic heterocycles. The van der Waals surface area contributed by atoms with E-state index in [1.807, 2.05) is 13.8 Å². The molecule has 1 heterocycles. The molecular formula is C8H12O4S. The molecule has 0 aromatic carbocycles. The zero-order valence-corrected chi connectivity index (χ0v) is 8.43. The third kappa shape index (κ3) is 3.28. The number of carbonyl (C=O) groups is 1. The summed E-state index contributed by atoms with van der Waals surface area (Å²) in [5.74, 6) is 0. The van der Waals surface area contributed by atoms with Crippen molar-refractivity contribution >= 4 is 18.2 Å². The van der Waals surface area contributed by atoms with Crippen LogP contribution in [-0.4, -0.2) is 25.0 Å². The van der Waals surface area contributed by atoms with Gasteiger partial charge in [0.05, 0.1) is 0 Å². The summed E-state index contributed by atoms with van der Waals surface area (Å²) in [5, 5.41) is 0. The van der Waals surface area contributed by atoms with Crippen LogP contribution in [0.25, 0.3) is 0 Å². The fourth-order valence-electron chi connectivity index (χ4n) is 0.793. The second-order valence-electron chi connectivity index (χ2n) is 2.80. The zero-order chi connectivity index (χ0) is 9.84. The fourth-order valence-corrected chi connectivity index (χ4v) is 1.23. The lowest BCUT2D eigenvalue weighted by Crippen LogP contribution is -2.26. The molecule has 0 bridgehead atoms. The molecule has 1 fully saturated rings. The van der Waals surface area contributed by atoms with Crippen LogP contribution in [0.5, 0.6) is 0 Å². The first-order valence-corrected chi connectivity index (χ1v) is 4.66. The lowest BCUT2D eigenvalue weighted by atomic mass is 10.2. The molecule has 2 unspecified atom stereocenters. The van der Waals surface area contributed by atoms with Gasteiger partial charge in [-0.15, -0.1) is 0 Å². The highest BCUT2D eigenvalue weighted by molar-refractivity contribution is 7.98. The average molecular weight is 204 g/mol. The van der Waals surface area contributed by atoms with Crippen LogP contribution in [0.15, 0.2) is 11.5 Å². The average Bonchev–Trinajstić information content (AvgIpc) is 2.47. The first kappa shape index (κ1) is 10.4. The van der Waals surface area contributed by atoms with Crippen molar-refractivity contribution in [3.05, 3.63) is 11.5 Å². The van der Waals surface area contributed by atoms with E-state index in [1.165, 1.54) is 12.0 Å². The fraction of sp³-hybridized carbons (Fsp3) is 0.625. The second kappa shape index (κ2) is 4.53. The molecular weight excluding hydrogens is 192 g/mol. The Morgan fingerprint density at radius 3 is 3.00 bits per heavy atom. The van der Waals surface area contributed by atoms with E-state index in [1.54, 1.807) is 0 Å². The molecule has 0 aromatic rings. The Labute approximate surface area is 81.4 Å². The maximum absolute atomic E-state index is 10.6. The molecule has 74 valence electrons. The molecule has 0 amide bonds. The van der Waals surface area contributed by atoms with Crippen molar-refractivity contribution < 1.29 is 18.5 Å². The van der Waals surface area contributed by atoms with Crippen molar-refractivity contribution in [1.29, 1.82) is 0 Å². The van der Waals surface area contributed by atoms with Crippen LogP contribution < -0.4 is 0 Å². The molecule has 2 atom stereocenters. The van der Waals surface area contributed by atoms with E-state index in [2.05, 4.69) is 11.3 Å². The number of carbonyl (C=O) groups excluding carboxylic acids is 1. The van der Waals surface area contributed by atoms with E-state index in [9.17, 15) is 4.79 Å². The van der Waals surface area contributed by atoms with Crippen molar-refractivity contribution in [3.8, 4) is 0 Å². The molecule has 0 spiro atoms. The lowest BCUT2D eigenvalue weighted by Gasteiger charge is -2.14. The number of hydrogen-bond donors (Lipinski definition) is 0. The van der Waals surface area contributed by atoms with Gasteiger partial charge in [0.15, 0.2) is 6.10 Å². The van der Waals surface area contributed by atoms with Crippen LogP contribution in [0, 0.1) is 0 Å². The molecule has 1 saturated heterocycles. The summed E-state index contributed by atoms with van der Waals surface area (Å²) in [5.41, 5.74) is 0. The summed E-state index contributed by atoms with van der Waals surface area (Å²) < 4.78 is 14.7. The molecule has 1 aliphatic heterocycles. The number of allylic oxidation sites excluding steroid dienone is 1. The highest BCUT2D eigenvalue weighted by atomic mass is 32.2. The van der Waals surface area contributed by atoms with Gasteiger partial charge in [0.1, 0.15) is 12.7 Å². The summed E-state index contributed by atoms with van der Waals surface area (Å²) in [6.45, 7) is 7.59. The Morgan fingerprint density at radius 1 is 1.85 bits per heavy atom. The SMILES string of the molecule is C=C(C)SOC(C)C1COC(=O)O1. The molecule has 4 nitrogen and oxygen atoms in total. The summed E-state index contributed by atoms with van der Waals surface area (Å²) in [7, 11) is 0. The van der Waals surface area contributed by atoms with Gasteiger partial charge in [-0.3, -0.25) is 0 Å². The van der Waals surface area contributed by atoms with Gasteiger partial charge < -0.3 is 13.7 Å².